The number of carbonyl (C=O) groups is 9. The van der Waals surface area contributed by atoms with Crippen molar-refractivity contribution >= 4 is 81.8 Å². The maximum absolute atomic E-state index is 15.3. The predicted molar refractivity (Wildman–Crippen MR) is 394 cm³/mol. The molecule has 3 aliphatic heterocycles. The zero-order chi connectivity index (χ0) is 85.0. The molecule has 0 spiro atoms. The number of imidazole rings is 1. The maximum Gasteiger partial charge on any atom is 0.404 e. The van der Waals surface area contributed by atoms with Gasteiger partial charge in [-0.15, -0.1) is 22.7 Å². The summed E-state index contributed by atoms with van der Waals surface area (Å²) in [5.74, 6) is -8.65. The molecule has 4 aromatic heterocycles. The molecule has 115 heavy (non-hydrogen) atoms. The van der Waals surface area contributed by atoms with E-state index in [9.17, 15) is 89.7 Å². The highest BCUT2D eigenvalue weighted by molar-refractivity contribution is 7.14. The zero-order valence-corrected chi connectivity index (χ0v) is 64.3. The predicted octanol–water partition coefficient (Wildman–Crippen LogP) is -11.2. The molecule has 4 aromatic rings. The quantitative estimate of drug-likeness (QED) is 0.0145. The highest BCUT2D eigenvalue weighted by Gasteiger charge is 2.54. The van der Waals surface area contributed by atoms with E-state index in [0.717, 1.165) is 61.9 Å². The number of thiazole rings is 2. The number of aliphatic hydroxyl groups excluding tert-OH is 11. The number of primary amides is 3. The number of nitrogen functional groups attached to an aromatic ring is 1. The first-order valence-corrected chi connectivity index (χ1v) is 37.9. The van der Waals surface area contributed by atoms with Crippen LogP contribution >= 0.6 is 22.7 Å². The first-order valence-electron chi connectivity index (χ1n) is 36.2. The van der Waals surface area contributed by atoms with Gasteiger partial charge in [0.2, 0.25) is 35.4 Å². The number of amides is 9. The summed E-state index contributed by atoms with van der Waals surface area (Å²) >= 11 is 1.83. The van der Waals surface area contributed by atoms with E-state index in [2.05, 4.69) is 67.1 Å². The SMILES string of the molecule is Cc1c(N)nc(C(CC(N)=O)NCC(N)C(N)=O)nc1C(=O)NC(C(=O)NC(C)C(O)CC(=O)NC(C(=O)NC(OC1OC(C)C(N)C(O)C1O)C(O)c1nc(-c2nc(C(=O)NCCCC(N)CC(=O)NCCCCN)cs2)cs1)C(C)O)C(OC1OC(CO)C(O)C(O)C1OC1OC(CO)C(O)C(OC(N)=O)C1O)c1cnc[nH]1. The van der Waals surface area contributed by atoms with Crippen molar-refractivity contribution in [2.24, 2.45) is 40.1 Å². The molecular weight excluding hydrogens is 1570 g/mol. The molecule has 26 atom stereocenters. The van der Waals surface area contributed by atoms with Crippen molar-refractivity contribution in [2.45, 2.75) is 232 Å². The minimum Gasteiger partial charge on any atom is -0.441 e. The van der Waals surface area contributed by atoms with E-state index in [1.165, 1.54) is 24.6 Å². The monoisotopic (exact) mass is 1670 g/mol. The highest BCUT2D eigenvalue weighted by atomic mass is 32.1. The van der Waals surface area contributed by atoms with E-state index in [0.29, 0.717) is 25.9 Å². The molecule has 3 fully saturated rings. The van der Waals surface area contributed by atoms with Crippen LogP contribution in [0.3, 0.4) is 0 Å². The van der Waals surface area contributed by atoms with Gasteiger partial charge in [0.05, 0.1) is 80.3 Å². The highest BCUT2D eigenvalue weighted by Crippen LogP contribution is 2.36. The molecule has 26 unspecified atom stereocenters. The molecule has 7 rings (SSSR count). The summed E-state index contributed by atoms with van der Waals surface area (Å²) in [6.07, 6.45) is -35.6. The first-order chi connectivity index (χ1) is 54.4. The first kappa shape index (κ1) is 93.7. The van der Waals surface area contributed by atoms with Gasteiger partial charge in [0, 0.05) is 54.8 Å². The third-order valence-electron chi connectivity index (χ3n) is 18.6. The third kappa shape index (κ3) is 25.5. The number of rotatable bonds is 43. The second-order valence-corrected chi connectivity index (χ2v) is 29.2. The molecule has 7 heterocycles. The average molecular weight is 1670 g/mol. The molecule has 35 N–H and O–H groups in total. The van der Waals surface area contributed by atoms with Crippen LogP contribution < -0.4 is 83.1 Å². The molecule has 0 aliphatic carbocycles. The van der Waals surface area contributed by atoms with Crippen molar-refractivity contribution < 1.29 is 132 Å². The van der Waals surface area contributed by atoms with Gasteiger partial charge in [-0.3, -0.25) is 38.4 Å². The minimum absolute atomic E-state index is 0.00832. The summed E-state index contributed by atoms with van der Waals surface area (Å²) in [5.41, 5.74) is 45.0. The number of nitrogens with two attached hydrogens (primary N) is 8. The van der Waals surface area contributed by atoms with Crippen LogP contribution in [0, 0.1) is 6.92 Å². The van der Waals surface area contributed by atoms with Crippen LogP contribution in [0.2, 0.25) is 0 Å². The van der Waals surface area contributed by atoms with Crippen LogP contribution in [0.5, 0.6) is 0 Å². The summed E-state index contributed by atoms with van der Waals surface area (Å²) in [6, 6.07) is -10.2. The van der Waals surface area contributed by atoms with Gasteiger partial charge in [0.1, 0.15) is 112 Å². The minimum atomic E-state index is -2.27. The number of nitrogens with zero attached hydrogens (tertiary/aromatic N) is 5. The number of anilines is 1. The number of carbonyl (C=O) groups excluding carboxylic acids is 9. The lowest BCUT2D eigenvalue weighted by atomic mass is 9.97. The van der Waals surface area contributed by atoms with Crippen molar-refractivity contribution in [3.8, 4) is 10.7 Å². The molecule has 3 aliphatic rings. The molecular formula is C65H103N21O27S2. The van der Waals surface area contributed by atoms with Gasteiger partial charge in [-0.1, -0.05) is 0 Å². The fraction of sp³-hybridized carbons (Fsp3) is 0.662. The van der Waals surface area contributed by atoms with Gasteiger partial charge < -0.3 is 177 Å². The van der Waals surface area contributed by atoms with Gasteiger partial charge in [0.25, 0.3) is 11.8 Å². The molecule has 48 nitrogen and oxygen atoms in total. The Morgan fingerprint density at radius 1 is 0.696 bits per heavy atom. The molecule has 3 saturated heterocycles. The van der Waals surface area contributed by atoms with Crippen LogP contribution in [0.1, 0.15) is 127 Å². The number of hydrogen-bond acceptors (Lipinski definition) is 40. The van der Waals surface area contributed by atoms with E-state index in [4.69, 9.17) is 79.0 Å². The van der Waals surface area contributed by atoms with Gasteiger partial charge in [0.15, 0.2) is 37.3 Å². The fourth-order valence-corrected chi connectivity index (χ4v) is 13.5. The van der Waals surface area contributed by atoms with Gasteiger partial charge >= 0.3 is 6.09 Å². The summed E-state index contributed by atoms with van der Waals surface area (Å²) in [4.78, 5) is 145. The maximum atomic E-state index is 15.3. The van der Waals surface area contributed by atoms with E-state index < -0.39 is 256 Å². The Balaban J connectivity index is 1.14. The Kier molecular flexibility index (Phi) is 35.5. The van der Waals surface area contributed by atoms with E-state index in [1.807, 2.05) is 0 Å². The lowest BCUT2D eigenvalue weighted by Crippen LogP contribution is -2.65. The Labute approximate surface area is 663 Å². The largest absolute Gasteiger partial charge is 0.441 e. The van der Waals surface area contributed by atoms with Gasteiger partial charge in [-0.05, 0) is 59.9 Å². The van der Waals surface area contributed by atoms with Crippen molar-refractivity contribution in [3.05, 3.63) is 56.8 Å². The number of hydrogen-bond donors (Lipinski definition) is 27. The number of nitrogens with one attached hydrogen (secondary N) is 8. The van der Waals surface area contributed by atoms with E-state index in [-0.39, 0.29) is 51.5 Å². The van der Waals surface area contributed by atoms with Crippen molar-refractivity contribution in [2.75, 3.05) is 45.1 Å². The Morgan fingerprint density at radius 3 is 2.02 bits per heavy atom. The van der Waals surface area contributed by atoms with Crippen LogP contribution in [-0.2, 0) is 61.9 Å². The lowest BCUT2D eigenvalue weighted by molar-refractivity contribution is -0.372. The number of ether oxygens (including phenoxy) is 7. The summed E-state index contributed by atoms with van der Waals surface area (Å²) < 4.78 is 40.4. The van der Waals surface area contributed by atoms with Crippen molar-refractivity contribution in [3.63, 3.8) is 0 Å². The standard InChI is InChI=1S/C65H103N21O27S2/c1-22-39(83-54(85-52(22)71)28(13-35(69)91)77-15-27(68)53(72)101)56(103)84-41(49(29-16-74-21-78-29)110-64-51(45(97)42(94)33(17-87)109-64)111-63-47(99)50(112-65(73)106)43(95)34(18-88)108-63)58(105)79-23(2)32(90)14-37(93)82-40(24(3)89)57(104)86-59(113-62-46(98)44(96)38(70)25(4)107-62)48(100)61-81-31(20-115-61)60-80-30(19-114-60)55(102)76-11-7-8-26(67)12-36(92)75-10-6-5-9-66/h16,19-21,23-28,32-34,38,40-51,59,62-64,77,87-90,94-100H,5-15,17-18,66-68,70H2,1-4H3,(H2,69,91)(H2,72,101)(H2,73,106)(H,74,78)(H,75,92)(H,76,102)(H,79,105)(H,82,93)(H,84,103)(H,86,104)(H2,71,83,85). The Bertz CT molecular complexity index is 3880. The van der Waals surface area contributed by atoms with E-state index in [1.54, 1.807) is 0 Å². The van der Waals surface area contributed by atoms with Gasteiger partial charge in [-0.2, -0.15) is 0 Å². The topological polar surface area (TPSA) is 813 Å². The smallest absolute Gasteiger partial charge is 0.404 e. The molecule has 9 amide bonds. The Hall–Kier alpha value is -8.50. The third-order valence-corrected chi connectivity index (χ3v) is 20.4. The molecule has 0 saturated carbocycles. The number of aromatic amines is 1. The number of unbranched alkanes of at least 4 members (excludes halogenated alkanes) is 1. The van der Waals surface area contributed by atoms with Crippen LogP contribution in [-0.4, -0.2) is 320 Å². The van der Waals surface area contributed by atoms with Crippen LogP contribution in [0.15, 0.2) is 23.3 Å². The molecule has 0 radical (unpaired) electrons. The number of H-pyrrole nitrogens is 1. The lowest BCUT2D eigenvalue weighted by Gasteiger charge is -2.47. The molecule has 50 heteroatoms. The van der Waals surface area contributed by atoms with Crippen molar-refractivity contribution in [1.82, 2.24) is 67.1 Å². The second-order valence-electron chi connectivity index (χ2n) is 27.5. The zero-order valence-electron chi connectivity index (χ0n) is 62.6. The van der Waals surface area contributed by atoms with Crippen LogP contribution in [0.25, 0.3) is 10.7 Å². The fourth-order valence-electron chi connectivity index (χ4n) is 11.9. The summed E-state index contributed by atoms with van der Waals surface area (Å²) in [6.45, 7) is 3.61. The molecule has 0 aromatic carbocycles. The Morgan fingerprint density at radius 2 is 1.37 bits per heavy atom. The van der Waals surface area contributed by atoms with E-state index >= 15 is 9.59 Å². The normalized spacial score (nSPS) is 26.5. The average Bonchev–Trinajstić information content (AvgIpc) is 1.60. The summed E-state index contributed by atoms with van der Waals surface area (Å²) in [5, 5.41) is 143. The van der Waals surface area contributed by atoms with Gasteiger partial charge in [-0.25, -0.2) is 29.7 Å². The van der Waals surface area contributed by atoms with Crippen molar-refractivity contribution in [1.29, 1.82) is 0 Å². The van der Waals surface area contributed by atoms with Crippen LogP contribution in [0.4, 0.5) is 10.6 Å². The second kappa shape index (κ2) is 43.6. The summed E-state index contributed by atoms with van der Waals surface area (Å²) in [7, 11) is 0. The number of aliphatic hydroxyl groups is 11. The number of aromatic nitrogens is 6. The molecule has 0 bridgehead atoms. The molecule has 642 valence electrons.